The monoisotopic (exact) mass is 239 g/mol. The molecule has 0 aliphatic carbocycles. The van der Waals surface area contributed by atoms with Gasteiger partial charge in [-0.05, 0) is 6.42 Å². The zero-order valence-electron chi connectivity index (χ0n) is 8.56. The first-order chi connectivity index (χ1) is 7.38. The molecule has 0 aliphatic heterocycles. The number of hydrogen-bond donors (Lipinski definition) is 1. The molecule has 0 fully saturated rings. The Balaban J connectivity index is 1.78. The molecule has 0 spiro atoms. The van der Waals surface area contributed by atoms with Gasteiger partial charge in [0, 0.05) is 35.2 Å². The van der Waals surface area contributed by atoms with Crippen LogP contribution in [0.4, 0.5) is 0 Å². The molecule has 0 bridgehead atoms. The first-order valence-corrected chi connectivity index (χ1v) is 6.59. The molecule has 1 N–H and O–H groups in total. The Hall–Kier alpha value is -0.780. The lowest BCUT2D eigenvalue weighted by molar-refractivity contribution is 0.707. The highest BCUT2D eigenvalue weighted by Gasteiger charge is 2.00. The Morgan fingerprint density at radius 1 is 1.27 bits per heavy atom. The van der Waals surface area contributed by atoms with Crippen molar-refractivity contribution in [3.8, 4) is 0 Å². The van der Waals surface area contributed by atoms with Crippen LogP contribution in [0.2, 0.25) is 0 Å². The van der Waals surface area contributed by atoms with Gasteiger partial charge in [0.05, 0.1) is 10.5 Å². The number of nitrogens with zero attached hydrogens (tertiary/aromatic N) is 2. The van der Waals surface area contributed by atoms with Gasteiger partial charge in [-0.25, -0.2) is 4.98 Å². The minimum Gasteiger partial charge on any atom is -0.307 e. The van der Waals surface area contributed by atoms with Crippen molar-refractivity contribution >= 4 is 22.7 Å². The minimum atomic E-state index is 0.893. The minimum absolute atomic E-state index is 0.893. The molecular formula is C10H13N3S2. The van der Waals surface area contributed by atoms with Crippen LogP contribution in [-0.4, -0.2) is 9.97 Å². The highest BCUT2D eigenvalue weighted by atomic mass is 32.1. The number of aromatic nitrogens is 2. The van der Waals surface area contributed by atoms with Crippen LogP contribution in [0.25, 0.3) is 0 Å². The zero-order chi connectivity index (χ0) is 10.5. The predicted octanol–water partition coefficient (Wildman–Crippen LogP) is 2.45. The molecule has 2 aromatic heterocycles. The summed E-state index contributed by atoms with van der Waals surface area (Å²) in [4.78, 5) is 10.9. The summed E-state index contributed by atoms with van der Waals surface area (Å²) in [6.45, 7) is 3.92. The van der Waals surface area contributed by atoms with Crippen molar-refractivity contribution < 1.29 is 0 Å². The number of aryl methyl sites for hydroxylation is 1. The molecule has 5 heteroatoms. The maximum atomic E-state index is 4.32. The SMILES string of the molecule is CCc1ncc(CNCc2cncs2)s1. The third-order valence-corrected chi connectivity index (χ3v) is 3.91. The molecule has 0 saturated heterocycles. The molecule has 0 atom stereocenters. The predicted molar refractivity (Wildman–Crippen MR) is 64.1 cm³/mol. The van der Waals surface area contributed by atoms with Crippen molar-refractivity contribution in [2.24, 2.45) is 0 Å². The molecule has 2 heterocycles. The van der Waals surface area contributed by atoms with Crippen LogP contribution in [-0.2, 0) is 19.5 Å². The van der Waals surface area contributed by atoms with Gasteiger partial charge in [0.25, 0.3) is 0 Å². The van der Waals surface area contributed by atoms with Gasteiger partial charge in [0.1, 0.15) is 0 Å². The van der Waals surface area contributed by atoms with E-state index in [0.717, 1.165) is 19.5 Å². The first kappa shape index (κ1) is 10.7. The smallest absolute Gasteiger partial charge is 0.0925 e. The van der Waals surface area contributed by atoms with E-state index in [1.807, 2.05) is 17.9 Å². The van der Waals surface area contributed by atoms with Gasteiger partial charge in [0.2, 0.25) is 0 Å². The van der Waals surface area contributed by atoms with Crippen LogP contribution < -0.4 is 5.32 Å². The van der Waals surface area contributed by atoms with Crippen LogP contribution in [0.3, 0.4) is 0 Å². The summed E-state index contributed by atoms with van der Waals surface area (Å²) in [6.07, 6.45) is 4.89. The Morgan fingerprint density at radius 3 is 2.80 bits per heavy atom. The Bertz CT molecular complexity index is 394. The van der Waals surface area contributed by atoms with E-state index in [4.69, 9.17) is 0 Å². The lowest BCUT2D eigenvalue weighted by Gasteiger charge is -1.98. The Labute approximate surface area is 97.2 Å². The molecule has 2 aromatic rings. The summed E-state index contributed by atoms with van der Waals surface area (Å²) in [5.74, 6) is 0. The highest BCUT2D eigenvalue weighted by molar-refractivity contribution is 7.11. The normalized spacial score (nSPS) is 10.7. The highest BCUT2D eigenvalue weighted by Crippen LogP contribution is 2.13. The molecule has 15 heavy (non-hydrogen) atoms. The summed E-state index contributed by atoms with van der Waals surface area (Å²) in [7, 11) is 0. The van der Waals surface area contributed by atoms with Crippen LogP contribution in [0.1, 0.15) is 21.7 Å². The van der Waals surface area contributed by atoms with Crippen molar-refractivity contribution in [2.45, 2.75) is 26.4 Å². The van der Waals surface area contributed by atoms with E-state index in [2.05, 4.69) is 22.2 Å². The topological polar surface area (TPSA) is 37.8 Å². The average Bonchev–Trinajstić information content (AvgIpc) is 2.88. The lowest BCUT2D eigenvalue weighted by atomic mass is 10.5. The number of hydrogen-bond acceptors (Lipinski definition) is 5. The van der Waals surface area contributed by atoms with E-state index < -0.39 is 0 Å². The van der Waals surface area contributed by atoms with Gasteiger partial charge >= 0.3 is 0 Å². The van der Waals surface area contributed by atoms with E-state index in [1.165, 1.54) is 14.8 Å². The third-order valence-electron chi connectivity index (χ3n) is 1.99. The molecule has 2 rings (SSSR count). The molecule has 0 aromatic carbocycles. The standard InChI is InChI=1S/C10H13N3S2/c1-2-10-13-6-9(15-10)5-11-3-8-4-12-7-14-8/h4,6-7,11H,2-3,5H2,1H3. The second-order valence-corrected chi connectivity index (χ2v) is 5.32. The van der Waals surface area contributed by atoms with E-state index in [1.54, 1.807) is 22.7 Å². The maximum Gasteiger partial charge on any atom is 0.0925 e. The maximum absolute atomic E-state index is 4.32. The Morgan fingerprint density at radius 2 is 2.13 bits per heavy atom. The van der Waals surface area contributed by atoms with Crippen LogP contribution in [0, 0.1) is 0 Å². The number of rotatable bonds is 5. The van der Waals surface area contributed by atoms with Crippen LogP contribution >= 0.6 is 22.7 Å². The Kier molecular flexibility index (Phi) is 3.82. The van der Waals surface area contributed by atoms with Gasteiger partial charge in [-0.15, -0.1) is 22.7 Å². The largest absolute Gasteiger partial charge is 0.307 e. The summed E-state index contributed by atoms with van der Waals surface area (Å²) in [5.41, 5.74) is 1.86. The van der Waals surface area contributed by atoms with Gasteiger partial charge in [-0.1, -0.05) is 6.92 Å². The second-order valence-electron chi connectivity index (χ2n) is 3.15. The van der Waals surface area contributed by atoms with Crippen LogP contribution in [0.5, 0.6) is 0 Å². The van der Waals surface area contributed by atoms with Gasteiger partial charge < -0.3 is 5.32 Å². The van der Waals surface area contributed by atoms with Crippen molar-refractivity contribution in [1.29, 1.82) is 0 Å². The van der Waals surface area contributed by atoms with Crippen molar-refractivity contribution in [3.05, 3.63) is 32.7 Å². The molecule has 3 nitrogen and oxygen atoms in total. The fourth-order valence-electron chi connectivity index (χ4n) is 1.23. The lowest BCUT2D eigenvalue weighted by Crippen LogP contribution is -2.10. The summed E-state index contributed by atoms with van der Waals surface area (Å²) in [5, 5.41) is 4.59. The first-order valence-electron chi connectivity index (χ1n) is 4.90. The van der Waals surface area contributed by atoms with E-state index in [9.17, 15) is 0 Å². The van der Waals surface area contributed by atoms with Gasteiger partial charge in [0.15, 0.2) is 0 Å². The molecule has 0 aliphatic rings. The molecule has 0 unspecified atom stereocenters. The molecule has 0 amide bonds. The fourth-order valence-corrected chi connectivity index (χ4v) is 2.63. The summed E-state index contributed by atoms with van der Waals surface area (Å²) in [6, 6.07) is 0. The van der Waals surface area contributed by atoms with E-state index in [-0.39, 0.29) is 0 Å². The number of nitrogens with one attached hydrogen (secondary N) is 1. The molecule has 0 radical (unpaired) electrons. The van der Waals surface area contributed by atoms with Crippen LogP contribution in [0.15, 0.2) is 17.9 Å². The second kappa shape index (κ2) is 5.34. The summed E-state index contributed by atoms with van der Waals surface area (Å²) < 4.78 is 0. The van der Waals surface area contributed by atoms with Crippen molar-refractivity contribution in [2.75, 3.05) is 0 Å². The van der Waals surface area contributed by atoms with Crippen molar-refractivity contribution in [3.63, 3.8) is 0 Å². The molecular weight excluding hydrogens is 226 g/mol. The number of thiazole rings is 2. The third kappa shape index (κ3) is 3.09. The van der Waals surface area contributed by atoms with Gasteiger partial charge in [-0.2, -0.15) is 0 Å². The molecule has 80 valence electrons. The van der Waals surface area contributed by atoms with E-state index >= 15 is 0 Å². The quantitative estimate of drug-likeness (QED) is 0.871. The average molecular weight is 239 g/mol. The zero-order valence-corrected chi connectivity index (χ0v) is 10.2. The summed E-state index contributed by atoms with van der Waals surface area (Å²) >= 11 is 3.47. The fraction of sp³-hybridized carbons (Fsp3) is 0.400. The van der Waals surface area contributed by atoms with E-state index in [0.29, 0.717) is 0 Å². The van der Waals surface area contributed by atoms with Gasteiger partial charge in [-0.3, -0.25) is 4.98 Å². The molecule has 0 saturated carbocycles. The van der Waals surface area contributed by atoms with Crippen molar-refractivity contribution in [1.82, 2.24) is 15.3 Å².